The van der Waals surface area contributed by atoms with E-state index in [0.717, 1.165) is 17.0 Å². The van der Waals surface area contributed by atoms with E-state index in [1.54, 1.807) is 0 Å². The highest BCUT2D eigenvalue weighted by Gasteiger charge is 2.25. The standard InChI is InChI=1S/C21H24N2O4S/c1-14-11-18(16(3)23(14)15(2)17-7-5-4-6-8-17)19(24)13-27-20(25)12-22-9-10-28-21(22)26/h4-8,11,15H,9-10,12-13H2,1-3H3/t15-/m0/s1. The van der Waals surface area contributed by atoms with Gasteiger partial charge in [0.15, 0.2) is 6.61 Å². The maximum atomic E-state index is 12.6. The van der Waals surface area contributed by atoms with Gasteiger partial charge in [0.25, 0.3) is 5.24 Å². The van der Waals surface area contributed by atoms with Crippen molar-refractivity contribution < 1.29 is 19.1 Å². The lowest BCUT2D eigenvalue weighted by molar-refractivity contribution is -0.142. The van der Waals surface area contributed by atoms with E-state index < -0.39 is 5.97 Å². The van der Waals surface area contributed by atoms with E-state index in [-0.39, 0.29) is 30.2 Å². The predicted octanol–water partition coefficient (Wildman–Crippen LogP) is 3.61. The number of carbonyl (C=O) groups is 3. The molecule has 6 nitrogen and oxygen atoms in total. The van der Waals surface area contributed by atoms with Gasteiger partial charge in [0.05, 0.1) is 6.04 Å². The van der Waals surface area contributed by atoms with Gasteiger partial charge in [-0.1, -0.05) is 42.1 Å². The Bertz CT molecular complexity index is 891. The van der Waals surface area contributed by atoms with Crippen LogP contribution in [0.1, 0.15) is 40.3 Å². The summed E-state index contributed by atoms with van der Waals surface area (Å²) in [7, 11) is 0. The fourth-order valence-electron chi connectivity index (χ4n) is 3.53. The van der Waals surface area contributed by atoms with Crippen molar-refractivity contribution in [3.8, 4) is 0 Å². The first kappa shape index (κ1) is 20.2. The second-order valence-electron chi connectivity index (χ2n) is 6.86. The van der Waals surface area contributed by atoms with Crippen LogP contribution >= 0.6 is 11.8 Å². The topological polar surface area (TPSA) is 68.6 Å². The highest BCUT2D eigenvalue weighted by atomic mass is 32.2. The summed E-state index contributed by atoms with van der Waals surface area (Å²) in [6.45, 7) is 6.06. The van der Waals surface area contributed by atoms with Crippen LogP contribution in [0.15, 0.2) is 36.4 Å². The summed E-state index contributed by atoms with van der Waals surface area (Å²) in [5.41, 5.74) is 3.54. The van der Waals surface area contributed by atoms with Gasteiger partial charge in [-0.25, -0.2) is 0 Å². The molecule has 1 amide bonds. The van der Waals surface area contributed by atoms with E-state index in [4.69, 9.17) is 4.74 Å². The molecule has 1 fully saturated rings. The molecule has 1 aromatic heterocycles. The molecule has 1 atom stereocenters. The van der Waals surface area contributed by atoms with Crippen LogP contribution in [0.2, 0.25) is 0 Å². The predicted molar refractivity (Wildman–Crippen MR) is 109 cm³/mol. The molecule has 0 saturated carbocycles. The quantitative estimate of drug-likeness (QED) is 0.525. The molecule has 0 spiro atoms. The van der Waals surface area contributed by atoms with Crippen LogP contribution in [0.4, 0.5) is 4.79 Å². The van der Waals surface area contributed by atoms with Gasteiger partial charge in [0.2, 0.25) is 5.78 Å². The summed E-state index contributed by atoms with van der Waals surface area (Å²) >= 11 is 1.19. The third-order valence-electron chi connectivity index (χ3n) is 4.98. The van der Waals surface area contributed by atoms with Gasteiger partial charge < -0.3 is 14.2 Å². The molecule has 7 heteroatoms. The third kappa shape index (κ3) is 4.30. The third-order valence-corrected chi connectivity index (χ3v) is 5.88. The monoisotopic (exact) mass is 400 g/mol. The summed E-state index contributed by atoms with van der Waals surface area (Å²) in [4.78, 5) is 37.6. The number of aromatic nitrogens is 1. The molecule has 0 N–H and O–H groups in total. The number of benzene rings is 1. The average Bonchev–Trinajstić information content (AvgIpc) is 3.22. The largest absolute Gasteiger partial charge is 0.456 e. The number of carbonyl (C=O) groups excluding carboxylic acids is 3. The van der Waals surface area contributed by atoms with Crippen LogP contribution in [0.3, 0.4) is 0 Å². The van der Waals surface area contributed by atoms with Gasteiger partial charge in [-0.2, -0.15) is 0 Å². The number of thioether (sulfide) groups is 1. The van der Waals surface area contributed by atoms with Crippen LogP contribution in [0, 0.1) is 13.8 Å². The Morgan fingerprint density at radius 3 is 2.57 bits per heavy atom. The van der Waals surface area contributed by atoms with E-state index >= 15 is 0 Å². The molecule has 2 aromatic rings. The average molecular weight is 401 g/mol. The summed E-state index contributed by atoms with van der Waals surface area (Å²) < 4.78 is 7.23. The first-order valence-electron chi connectivity index (χ1n) is 9.22. The van der Waals surface area contributed by atoms with Crippen LogP contribution in [-0.4, -0.2) is 51.9 Å². The maximum Gasteiger partial charge on any atom is 0.326 e. The zero-order valence-corrected chi connectivity index (χ0v) is 17.1. The van der Waals surface area contributed by atoms with Crippen molar-refractivity contribution >= 4 is 28.8 Å². The van der Waals surface area contributed by atoms with Crippen LogP contribution in [0.25, 0.3) is 0 Å². The smallest absolute Gasteiger partial charge is 0.326 e. The number of Topliss-reactive ketones (excluding diaryl/α,β-unsaturated/α-hetero) is 1. The lowest BCUT2D eigenvalue weighted by Gasteiger charge is -2.19. The molecule has 0 radical (unpaired) electrons. The van der Waals surface area contributed by atoms with Gasteiger partial charge in [-0.05, 0) is 32.4 Å². The van der Waals surface area contributed by atoms with E-state index in [0.29, 0.717) is 17.9 Å². The lowest BCUT2D eigenvalue weighted by atomic mass is 10.1. The normalized spacial score (nSPS) is 15.0. The molecular weight excluding hydrogens is 376 g/mol. The minimum Gasteiger partial charge on any atom is -0.456 e. The zero-order valence-electron chi connectivity index (χ0n) is 16.3. The Balaban J connectivity index is 1.66. The first-order valence-corrected chi connectivity index (χ1v) is 10.2. The van der Waals surface area contributed by atoms with Crippen molar-refractivity contribution in [3.63, 3.8) is 0 Å². The molecule has 0 aliphatic carbocycles. The van der Waals surface area contributed by atoms with Crippen LogP contribution in [0.5, 0.6) is 0 Å². The molecule has 1 aromatic carbocycles. The molecule has 28 heavy (non-hydrogen) atoms. The van der Waals surface area contributed by atoms with Gasteiger partial charge in [0.1, 0.15) is 6.54 Å². The van der Waals surface area contributed by atoms with E-state index in [1.165, 1.54) is 16.7 Å². The first-order chi connectivity index (χ1) is 13.4. The molecule has 1 aliphatic rings. The second-order valence-corrected chi connectivity index (χ2v) is 7.91. The number of ketones is 1. The van der Waals surface area contributed by atoms with Crippen molar-refractivity contribution in [2.45, 2.75) is 26.8 Å². The second kappa shape index (κ2) is 8.65. The number of ether oxygens (including phenoxy) is 1. The lowest BCUT2D eigenvalue weighted by Crippen LogP contribution is -2.31. The summed E-state index contributed by atoms with van der Waals surface area (Å²) in [6, 6.07) is 12.0. The van der Waals surface area contributed by atoms with Gasteiger partial charge in [-0.3, -0.25) is 14.4 Å². The summed E-state index contributed by atoms with van der Waals surface area (Å²) in [6.07, 6.45) is 0. The number of esters is 1. The Hall–Kier alpha value is -2.54. The highest BCUT2D eigenvalue weighted by Crippen LogP contribution is 2.26. The molecule has 1 saturated heterocycles. The number of aryl methyl sites for hydroxylation is 1. The minimum absolute atomic E-state index is 0.0870. The van der Waals surface area contributed by atoms with E-state index in [1.807, 2.05) is 38.1 Å². The van der Waals surface area contributed by atoms with Crippen LogP contribution < -0.4 is 0 Å². The van der Waals surface area contributed by atoms with E-state index in [2.05, 4.69) is 23.6 Å². The summed E-state index contributed by atoms with van der Waals surface area (Å²) in [5.74, 6) is -0.123. The number of nitrogens with zero attached hydrogens (tertiary/aromatic N) is 2. The number of amides is 1. The molecule has 0 unspecified atom stereocenters. The van der Waals surface area contributed by atoms with Gasteiger partial charge in [-0.15, -0.1) is 0 Å². The minimum atomic E-state index is -0.560. The Morgan fingerprint density at radius 2 is 1.93 bits per heavy atom. The molecule has 1 aliphatic heterocycles. The maximum absolute atomic E-state index is 12.6. The van der Waals surface area contributed by atoms with Gasteiger partial charge >= 0.3 is 5.97 Å². The SMILES string of the molecule is Cc1cc(C(=O)COC(=O)CN2CCSC2=O)c(C)n1[C@@H](C)c1ccccc1. The zero-order chi connectivity index (χ0) is 20.3. The van der Waals surface area contributed by atoms with Crippen molar-refractivity contribution in [1.29, 1.82) is 0 Å². The molecule has 0 bridgehead atoms. The van der Waals surface area contributed by atoms with Crippen molar-refractivity contribution in [2.24, 2.45) is 0 Å². The number of hydrogen-bond acceptors (Lipinski definition) is 5. The van der Waals surface area contributed by atoms with Gasteiger partial charge in [0, 0.05) is 29.2 Å². The fourth-order valence-corrected chi connectivity index (χ4v) is 4.36. The highest BCUT2D eigenvalue weighted by molar-refractivity contribution is 8.13. The Morgan fingerprint density at radius 1 is 1.21 bits per heavy atom. The Labute approximate surface area is 168 Å². The fraction of sp³-hybridized carbons (Fsp3) is 0.381. The number of rotatable bonds is 7. The molecular formula is C21H24N2O4S. The molecule has 3 rings (SSSR count). The molecule has 2 heterocycles. The summed E-state index contributed by atoms with van der Waals surface area (Å²) in [5, 5.41) is -0.123. The van der Waals surface area contributed by atoms with Crippen molar-refractivity contribution in [2.75, 3.05) is 25.4 Å². The van der Waals surface area contributed by atoms with Crippen molar-refractivity contribution in [3.05, 3.63) is 58.9 Å². The van der Waals surface area contributed by atoms with Crippen molar-refractivity contribution in [1.82, 2.24) is 9.47 Å². The Kier molecular flexibility index (Phi) is 6.24. The number of hydrogen-bond donors (Lipinski definition) is 0. The van der Waals surface area contributed by atoms with Crippen LogP contribution in [-0.2, 0) is 9.53 Å². The molecule has 148 valence electrons. The van der Waals surface area contributed by atoms with E-state index in [9.17, 15) is 14.4 Å².